The molecule has 0 fully saturated rings. The van der Waals surface area contributed by atoms with Gasteiger partial charge < -0.3 is 4.90 Å². The monoisotopic (exact) mass is 427 g/mol. The summed E-state index contributed by atoms with van der Waals surface area (Å²) in [6.45, 7) is 5.34. The van der Waals surface area contributed by atoms with Gasteiger partial charge in [0.2, 0.25) is 5.91 Å². The van der Waals surface area contributed by atoms with Crippen molar-refractivity contribution in [1.82, 2.24) is 4.90 Å². The molecule has 0 aliphatic carbocycles. The van der Waals surface area contributed by atoms with Crippen molar-refractivity contribution in [1.29, 1.82) is 0 Å². The highest BCUT2D eigenvalue weighted by molar-refractivity contribution is 5.78. The lowest BCUT2D eigenvalue weighted by atomic mass is 9.79. The Labute approximate surface area is 194 Å². The summed E-state index contributed by atoms with van der Waals surface area (Å²) in [6, 6.07) is 29.9. The predicted molar refractivity (Wildman–Crippen MR) is 135 cm³/mol. The number of amides is 1. The van der Waals surface area contributed by atoms with Crippen LogP contribution in [0.25, 0.3) is 0 Å². The molecule has 0 spiro atoms. The Morgan fingerprint density at radius 2 is 1.44 bits per heavy atom. The fourth-order valence-electron chi connectivity index (χ4n) is 4.38. The summed E-state index contributed by atoms with van der Waals surface area (Å²) in [5, 5.41) is 0. The largest absolute Gasteiger partial charge is 0.345 e. The minimum absolute atomic E-state index is 0.175. The zero-order valence-corrected chi connectivity index (χ0v) is 19.8. The molecule has 0 radical (unpaired) electrons. The Hall–Kier alpha value is -2.87. The van der Waals surface area contributed by atoms with Crippen molar-refractivity contribution in [3.05, 3.63) is 107 Å². The number of carbonyl (C=O) groups is 1. The highest BCUT2D eigenvalue weighted by Gasteiger charge is 2.20. The van der Waals surface area contributed by atoms with E-state index in [9.17, 15) is 4.79 Å². The molecule has 2 unspecified atom stereocenters. The molecule has 3 aromatic carbocycles. The molecule has 2 heteroatoms. The normalized spacial score (nSPS) is 12.8. The van der Waals surface area contributed by atoms with Gasteiger partial charge in [0.15, 0.2) is 0 Å². The van der Waals surface area contributed by atoms with Crippen LogP contribution in [-0.2, 0) is 17.6 Å². The van der Waals surface area contributed by atoms with Gasteiger partial charge in [-0.05, 0) is 46.9 Å². The van der Waals surface area contributed by atoms with Gasteiger partial charge in [0.1, 0.15) is 0 Å². The Kier molecular flexibility index (Phi) is 9.10. The number of rotatable bonds is 11. The highest BCUT2D eigenvalue weighted by Crippen LogP contribution is 2.36. The van der Waals surface area contributed by atoms with Crippen molar-refractivity contribution < 1.29 is 4.79 Å². The summed E-state index contributed by atoms with van der Waals surface area (Å²) in [5.41, 5.74) is 5.13. The van der Waals surface area contributed by atoms with E-state index >= 15 is 0 Å². The van der Waals surface area contributed by atoms with E-state index in [1.165, 1.54) is 36.0 Å². The van der Waals surface area contributed by atoms with E-state index in [1.54, 1.807) is 0 Å². The molecule has 2 atom stereocenters. The molecule has 0 bridgehead atoms. The Morgan fingerprint density at radius 3 is 2.06 bits per heavy atom. The molecule has 0 aliphatic heterocycles. The topological polar surface area (TPSA) is 20.3 Å². The minimum Gasteiger partial charge on any atom is -0.345 e. The van der Waals surface area contributed by atoms with Crippen molar-refractivity contribution in [3.8, 4) is 0 Å². The maximum Gasteiger partial charge on any atom is 0.226 e. The lowest BCUT2D eigenvalue weighted by Crippen LogP contribution is -2.30. The SMILES string of the molecule is CCCCC(c1ccc(CC(=O)N(C)CCc2ccccc2)cc1)C(C)c1ccccc1. The molecule has 0 heterocycles. The van der Waals surface area contributed by atoms with Crippen LogP contribution in [0.15, 0.2) is 84.9 Å². The van der Waals surface area contributed by atoms with Crippen molar-refractivity contribution in [3.63, 3.8) is 0 Å². The summed E-state index contributed by atoms with van der Waals surface area (Å²) in [4.78, 5) is 14.6. The highest BCUT2D eigenvalue weighted by atomic mass is 16.2. The van der Waals surface area contributed by atoms with Crippen LogP contribution in [0.2, 0.25) is 0 Å². The number of unbranched alkanes of at least 4 members (excludes halogenated alkanes) is 1. The third kappa shape index (κ3) is 6.82. The molecule has 0 N–H and O–H groups in total. The van der Waals surface area contributed by atoms with Gasteiger partial charge in [-0.1, -0.05) is 112 Å². The Morgan fingerprint density at radius 1 is 0.812 bits per heavy atom. The predicted octanol–water partition coefficient (Wildman–Crippen LogP) is 7.01. The molecular weight excluding hydrogens is 390 g/mol. The van der Waals surface area contributed by atoms with E-state index in [0.29, 0.717) is 18.3 Å². The second-order valence-electron chi connectivity index (χ2n) is 8.92. The van der Waals surface area contributed by atoms with Crippen LogP contribution in [0, 0.1) is 0 Å². The second kappa shape index (κ2) is 12.2. The van der Waals surface area contributed by atoms with Crippen LogP contribution < -0.4 is 0 Å². The molecule has 3 rings (SSSR count). The van der Waals surface area contributed by atoms with Crippen molar-refractivity contribution in [2.45, 2.75) is 57.8 Å². The Bertz CT molecular complexity index is 934. The standard InChI is InChI=1S/C30H37NO/c1-4-5-16-29(24(2)27-14-10-7-11-15-27)28-19-17-26(18-20-28)23-30(32)31(3)22-21-25-12-8-6-9-13-25/h6-15,17-20,24,29H,4-5,16,21-23H2,1-3H3. The van der Waals surface area contributed by atoms with E-state index < -0.39 is 0 Å². The molecule has 0 aliphatic rings. The molecule has 1 amide bonds. The maximum atomic E-state index is 12.7. The first-order valence-electron chi connectivity index (χ1n) is 12.0. The van der Waals surface area contributed by atoms with Crippen molar-refractivity contribution in [2.75, 3.05) is 13.6 Å². The van der Waals surface area contributed by atoms with Gasteiger partial charge >= 0.3 is 0 Å². The van der Waals surface area contributed by atoms with Gasteiger partial charge in [0.05, 0.1) is 6.42 Å². The fraction of sp³-hybridized carbons (Fsp3) is 0.367. The summed E-state index contributed by atoms with van der Waals surface area (Å²) < 4.78 is 0. The van der Waals surface area contributed by atoms with E-state index in [1.807, 2.05) is 30.1 Å². The molecule has 0 aromatic heterocycles. The van der Waals surface area contributed by atoms with Crippen LogP contribution in [0.1, 0.15) is 67.2 Å². The second-order valence-corrected chi connectivity index (χ2v) is 8.92. The van der Waals surface area contributed by atoms with Crippen LogP contribution in [0.4, 0.5) is 0 Å². The van der Waals surface area contributed by atoms with E-state index in [4.69, 9.17) is 0 Å². The van der Waals surface area contributed by atoms with E-state index in [-0.39, 0.29) is 5.91 Å². The first-order valence-corrected chi connectivity index (χ1v) is 12.0. The van der Waals surface area contributed by atoms with Gasteiger partial charge in [-0.3, -0.25) is 4.79 Å². The zero-order valence-electron chi connectivity index (χ0n) is 19.8. The van der Waals surface area contributed by atoms with E-state index in [2.05, 4.69) is 80.6 Å². The molecule has 0 saturated heterocycles. The van der Waals surface area contributed by atoms with Crippen LogP contribution in [0.5, 0.6) is 0 Å². The van der Waals surface area contributed by atoms with Crippen LogP contribution in [-0.4, -0.2) is 24.4 Å². The zero-order chi connectivity index (χ0) is 22.8. The first-order chi connectivity index (χ1) is 15.6. The van der Waals surface area contributed by atoms with Crippen LogP contribution >= 0.6 is 0 Å². The summed E-state index contributed by atoms with van der Waals surface area (Å²) in [7, 11) is 1.90. The fourth-order valence-corrected chi connectivity index (χ4v) is 4.38. The number of hydrogen-bond acceptors (Lipinski definition) is 1. The number of carbonyl (C=O) groups excluding carboxylic acids is 1. The van der Waals surface area contributed by atoms with Crippen LogP contribution in [0.3, 0.4) is 0 Å². The first kappa shape index (κ1) is 23.8. The lowest BCUT2D eigenvalue weighted by Gasteiger charge is -2.25. The van der Waals surface area contributed by atoms with Crippen molar-refractivity contribution >= 4 is 5.91 Å². The average Bonchev–Trinajstić information content (AvgIpc) is 2.84. The number of nitrogens with zero attached hydrogens (tertiary/aromatic N) is 1. The maximum absolute atomic E-state index is 12.7. The summed E-state index contributed by atoms with van der Waals surface area (Å²) in [5.74, 6) is 1.14. The van der Waals surface area contributed by atoms with Gasteiger partial charge in [0, 0.05) is 13.6 Å². The van der Waals surface area contributed by atoms with Gasteiger partial charge in [-0.15, -0.1) is 0 Å². The molecule has 0 saturated carbocycles. The summed E-state index contributed by atoms with van der Waals surface area (Å²) in [6.07, 6.45) is 4.97. The third-order valence-corrected chi connectivity index (χ3v) is 6.57. The molecule has 32 heavy (non-hydrogen) atoms. The van der Waals surface area contributed by atoms with Gasteiger partial charge in [0.25, 0.3) is 0 Å². The number of hydrogen-bond donors (Lipinski definition) is 0. The molecule has 3 aromatic rings. The smallest absolute Gasteiger partial charge is 0.226 e. The number of benzene rings is 3. The minimum atomic E-state index is 0.175. The van der Waals surface area contributed by atoms with Gasteiger partial charge in [-0.2, -0.15) is 0 Å². The van der Waals surface area contributed by atoms with Crippen molar-refractivity contribution in [2.24, 2.45) is 0 Å². The molecule has 168 valence electrons. The molecule has 2 nitrogen and oxygen atoms in total. The van der Waals surface area contributed by atoms with E-state index in [0.717, 1.165) is 18.5 Å². The lowest BCUT2D eigenvalue weighted by molar-refractivity contribution is -0.129. The molecular formula is C30H37NO. The van der Waals surface area contributed by atoms with Gasteiger partial charge in [-0.25, -0.2) is 0 Å². The number of likely N-dealkylation sites (N-methyl/N-ethyl adjacent to an activating group) is 1. The average molecular weight is 428 g/mol. The Balaban J connectivity index is 1.62. The third-order valence-electron chi connectivity index (χ3n) is 6.57. The summed E-state index contributed by atoms with van der Waals surface area (Å²) >= 11 is 0. The quantitative estimate of drug-likeness (QED) is 0.322.